The number of hydrazine groups is 1. The van der Waals surface area contributed by atoms with Crippen molar-refractivity contribution in [2.75, 3.05) is 13.1 Å². The molecule has 1 unspecified atom stereocenters. The molecule has 7 heteroatoms. The second kappa shape index (κ2) is 10.8. The van der Waals surface area contributed by atoms with Gasteiger partial charge in [0.25, 0.3) is 5.91 Å². The van der Waals surface area contributed by atoms with Gasteiger partial charge in [-0.25, -0.2) is 5.01 Å². The number of nitrogens with zero attached hydrogens (tertiary/aromatic N) is 1. The van der Waals surface area contributed by atoms with E-state index in [-0.39, 0.29) is 5.91 Å². The molecule has 4 nitrogen and oxygen atoms in total. The molecule has 4 rings (SSSR count). The summed E-state index contributed by atoms with van der Waals surface area (Å²) in [7, 11) is 0. The van der Waals surface area contributed by atoms with Crippen LogP contribution in [-0.2, 0) is 0 Å². The monoisotopic (exact) mass is 502 g/mol. The van der Waals surface area contributed by atoms with Crippen LogP contribution in [0.2, 0.25) is 15.1 Å². The predicted molar refractivity (Wildman–Crippen MR) is 134 cm³/mol. The van der Waals surface area contributed by atoms with E-state index < -0.39 is 6.10 Å². The van der Waals surface area contributed by atoms with E-state index in [9.17, 15) is 4.79 Å². The van der Waals surface area contributed by atoms with Crippen molar-refractivity contribution in [2.45, 2.75) is 32.3 Å². The molecule has 0 saturated carbocycles. The molecular weight excluding hydrogens is 479 g/mol. The van der Waals surface area contributed by atoms with Crippen LogP contribution in [0.15, 0.2) is 60.7 Å². The minimum absolute atomic E-state index is 0.144. The van der Waals surface area contributed by atoms with E-state index in [0.29, 0.717) is 26.4 Å². The summed E-state index contributed by atoms with van der Waals surface area (Å²) in [5, 5.41) is 3.66. The number of benzene rings is 3. The van der Waals surface area contributed by atoms with Crippen LogP contribution in [0.25, 0.3) is 0 Å². The van der Waals surface area contributed by atoms with Crippen molar-refractivity contribution in [1.29, 1.82) is 0 Å². The molecule has 1 atom stereocenters. The first-order valence-corrected chi connectivity index (χ1v) is 12.1. The van der Waals surface area contributed by atoms with E-state index >= 15 is 0 Å². The van der Waals surface area contributed by atoms with Gasteiger partial charge in [0.05, 0.1) is 0 Å². The normalized spacial score (nSPS) is 15.2. The summed E-state index contributed by atoms with van der Waals surface area (Å²) in [6.07, 6.45) is 2.88. The number of hydrogen-bond donors (Lipinski definition) is 1. The van der Waals surface area contributed by atoms with Gasteiger partial charge in [-0.1, -0.05) is 65.5 Å². The maximum absolute atomic E-state index is 12.9. The second-order valence-electron chi connectivity index (χ2n) is 8.18. The number of nitrogens with one attached hydrogen (secondary N) is 1. The predicted octanol–water partition coefficient (Wildman–Crippen LogP) is 7.25. The summed E-state index contributed by atoms with van der Waals surface area (Å²) in [5.41, 5.74) is 6.11. The van der Waals surface area contributed by atoms with Gasteiger partial charge in [-0.3, -0.25) is 10.2 Å². The Balaban J connectivity index is 1.64. The second-order valence-corrected chi connectivity index (χ2v) is 9.46. The van der Waals surface area contributed by atoms with E-state index in [1.165, 1.54) is 6.42 Å². The summed E-state index contributed by atoms with van der Waals surface area (Å²) >= 11 is 18.8. The minimum atomic E-state index is -0.508. The van der Waals surface area contributed by atoms with Crippen LogP contribution in [0.4, 0.5) is 0 Å². The summed E-state index contributed by atoms with van der Waals surface area (Å²) in [6.45, 7) is 3.69. The lowest BCUT2D eigenvalue weighted by molar-refractivity contribution is 0.0749. The lowest BCUT2D eigenvalue weighted by atomic mass is 10.0. The number of aryl methyl sites for hydroxylation is 1. The van der Waals surface area contributed by atoms with E-state index in [1.807, 2.05) is 54.4 Å². The third kappa shape index (κ3) is 6.01. The molecular formula is C26H25Cl3N2O2. The average Bonchev–Trinajstić information content (AvgIpc) is 2.80. The SMILES string of the molecule is Cc1ccc(C(=O)NN2CCCCC2)cc1OC(c1ccc(Cl)cc1)c1ccc(Cl)cc1Cl. The molecule has 0 spiro atoms. The Kier molecular flexibility index (Phi) is 7.82. The van der Waals surface area contributed by atoms with Gasteiger partial charge in [0.15, 0.2) is 6.10 Å². The highest BCUT2D eigenvalue weighted by Gasteiger charge is 2.22. The fourth-order valence-electron chi connectivity index (χ4n) is 3.87. The molecule has 1 N–H and O–H groups in total. The van der Waals surface area contributed by atoms with E-state index in [1.54, 1.807) is 18.2 Å². The fraction of sp³-hybridized carbons (Fsp3) is 0.269. The first-order chi connectivity index (χ1) is 15.9. The zero-order valence-electron chi connectivity index (χ0n) is 18.3. The quantitative estimate of drug-likeness (QED) is 0.385. The third-order valence-corrected chi connectivity index (χ3v) is 6.54. The Morgan fingerprint density at radius 3 is 2.30 bits per heavy atom. The Bertz CT molecular complexity index is 1130. The van der Waals surface area contributed by atoms with Crippen molar-refractivity contribution >= 4 is 40.7 Å². The summed E-state index contributed by atoms with van der Waals surface area (Å²) in [5.74, 6) is 0.460. The first kappa shape index (κ1) is 23.9. The largest absolute Gasteiger partial charge is 0.481 e. The van der Waals surface area contributed by atoms with Crippen LogP contribution in [0.3, 0.4) is 0 Å². The van der Waals surface area contributed by atoms with Crippen LogP contribution in [0, 0.1) is 6.92 Å². The van der Waals surface area contributed by atoms with Crippen molar-refractivity contribution in [3.63, 3.8) is 0 Å². The summed E-state index contributed by atoms with van der Waals surface area (Å²) in [4.78, 5) is 12.9. The lowest BCUT2D eigenvalue weighted by Crippen LogP contribution is -2.45. The van der Waals surface area contributed by atoms with Gasteiger partial charge in [-0.2, -0.15) is 0 Å². The summed E-state index contributed by atoms with van der Waals surface area (Å²) in [6, 6.07) is 18.2. The lowest BCUT2D eigenvalue weighted by Gasteiger charge is -2.27. The molecule has 1 heterocycles. The van der Waals surface area contributed by atoms with Crippen molar-refractivity contribution < 1.29 is 9.53 Å². The molecule has 3 aromatic rings. The Morgan fingerprint density at radius 2 is 1.61 bits per heavy atom. The number of piperidine rings is 1. The molecule has 0 radical (unpaired) electrons. The topological polar surface area (TPSA) is 41.6 Å². The zero-order chi connectivity index (χ0) is 23.4. The van der Waals surface area contributed by atoms with Gasteiger partial charge >= 0.3 is 0 Å². The number of amides is 1. The van der Waals surface area contributed by atoms with Gasteiger partial charge in [0.2, 0.25) is 0 Å². The van der Waals surface area contributed by atoms with E-state index in [4.69, 9.17) is 39.5 Å². The average molecular weight is 504 g/mol. The first-order valence-electron chi connectivity index (χ1n) is 10.9. The number of hydrogen-bond acceptors (Lipinski definition) is 3. The Hall–Kier alpha value is -2.24. The highest BCUT2D eigenvalue weighted by atomic mass is 35.5. The van der Waals surface area contributed by atoms with Crippen LogP contribution in [0.5, 0.6) is 5.75 Å². The van der Waals surface area contributed by atoms with Gasteiger partial charge in [0, 0.05) is 39.3 Å². The molecule has 1 aliphatic heterocycles. The van der Waals surface area contributed by atoms with Crippen LogP contribution >= 0.6 is 34.8 Å². The minimum Gasteiger partial charge on any atom is -0.481 e. The maximum atomic E-state index is 12.9. The molecule has 172 valence electrons. The molecule has 1 saturated heterocycles. The Labute approximate surface area is 209 Å². The molecule has 0 aliphatic carbocycles. The number of carbonyl (C=O) groups excluding carboxylic acids is 1. The number of ether oxygens (including phenoxy) is 1. The number of carbonyl (C=O) groups is 1. The molecule has 1 fully saturated rings. The molecule has 33 heavy (non-hydrogen) atoms. The highest BCUT2D eigenvalue weighted by molar-refractivity contribution is 6.35. The van der Waals surface area contributed by atoms with Crippen molar-refractivity contribution in [1.82, 2.24) is 10.4 Å². The van der Waals surface area contributed by atoms with Crippen LogP contribution < -0.4 is 10.2 Å². The number of halogens is 3. The van der Waals surface area contributed by atoms with E-state index in [2.05, 4.69) is 5.43 Å². The highest BCUT2D eigenvalue weighted by Crippen LogP contribution is 2.36. The van der Waals surface area contributed by atoms with E-state index in [0.717, 1.165) is 42.6 Å². The Morgan fingerprint density at radius 1 is 0.909 bits per heavy atom. The van der Waals surface area contributed by atoms with Crippen LogP contribution in [-0.4, -0.2) is 24.0 Å². The van der Waals surface area contributed by atoms with Crippen molar-refractivity contribution in [2.24, 2.45) is 0 Å². The molecule has 0 aromatic heterocycles. The van der Waals surface area contributed by atoms with Gasteiger partial charge in [-0.05, 0) is 67.3 Å². The zero-order valence-corrected chi connectivity index (χ0v) is 20.6. The van der Waals surface area contributed by atoms with Crippen molar-refractivity contribution in [3.05, 3.63) is 98.0 Å². The molecule has 1 aliphatic rings. The van der Waals surface area contributed by atoms with Gasteiger partial charge in [0.1, 0.15) is 5.75 Å². The molecule has 3 aromatic carbocycles. The number of rotatable bonds is 6. The maximum Gasteiger partial charge on any atom is 0.265 e. The van der Waals surface area contributed by atoms with Crippen LogP contribution in [0.1, 0.15) is 52.4 Å². The molecule has 0 bridgehead atoms. The third-order valence-electron chi connectivity index (χ3n) is 5.73. The smallest absolute Gasteiger partial charge is 0.265 e. The summed E-state index contributed by atoms with van der Waals surface area (Å²) < 4.78 is 6.49. The standard InChI is InChI=1S/C26H25Cl3N2O2/c1-17-5-6-19(26(32)30-31-13-3-2-4-14-31)15-24(17)33-25(18-7-9-20(27)10-8-18)22-12-11-21(28)16-23(22)29/h5-12,15-16,25H,2-4,13-14H2,1H3,(H,30,32). The van der Waals surface area contributed by atoms with Gasteiger partial charge in [-0.15, -0.1) is 0 Å². The van der Waals surface area contributed by atoms with Crippen molar-refractivity contribution in [3.8, 4) is 5.75 Å². The fourth-order valence-corrected chi connectivity index (χ4v) is 4.51. The molecule has 1 amide bonds. The van der Waals surface area contributed by atoms with Gasteiger partial charge < -0.3 is 4.74 Å².